The predicted molar refractivity (Wildman–Crippen MR) is 47.6 cm³/mol. The molecule has 3 N–H and O–H groups in total. The molecule has 0 bridgehead atoms. The predicted octanol–water partition coefficient (Wildman–Crippen LogP) is -1.13. The van der Waals surface area contributed by atoms with E-state index in [4.69, 9.17) is 18.0 Å². The largest absolute Gasteiger partial charge is 0.351 e. The number of aromatic nitrogens is 4. The Bertz CT molecular complexity index is 408. The lowest BCUT2D eigenvalue weighted by atomic mass is 10.5. The van der Waals surface area contributed by atoms with Crippen LogP contribution in [0.4, 0.5) is 4.79 Å². The second-order valence-corrected chi connectivity index (χ2v) is 2.82. The normalized spacial score (nSPS) is 9.79. The molecular weight excluding hydrogens is 208 g/mol. The Morgan fingerprint density at radius 2 is 2.36 bits per heavy atom. The van der Waals surface area contributed by atoms with Crippen molar-refractivity contribution in [2.45, 2.75) is 6.54 Å². The third-order valence-corrected chi connectivity index (χ3v) is 1.83. The van der Waals surface area contributed by atoms with Gasteiger partial charge >= 0.3 is 6.03 Å². The van der Waals surface area contributed by atoms with Gasteiger partial charge in [0.25, 0.3) is 5.91 Å². The SMILES string of the molecule is CN(C(N)=O)C(=O)Cn1[nH]nnc1=S. The monoisotopic (exact) mass is 216 g/mol. The lowest BCUT2D eigenvalue weighted by Crippen LogP contribution is -2.39. The average molecular weight is 216 g/mol. The molecule has 8 nitrogen and oxygen atoms in total. The van der Waals surface area contributed by atoms with Crippen LogP contribution in [0.5, 0.6) is 0 Å². The van der Waals surface area contributed by atoms with Crippen LogP contribution in [0.2, 0.25) is 0 Å². The molecule has 0 atom stereocenters. The van der Waals surface area contributed by atoms with Crippen LogP contribution in [0.25, 0.3) is 0 Å². The molecule has 0 spiro atoms. The lowest BCUT2D eigenvalue weighted by Gasteiger charge is -2.11. The Morgan fingerprint density at radius 3 is 2.79 bits per heavy atom. The quantitative estimate of drug-likeness (QED) is 0.608. The molecular formula is C5H8N6O2S. The van der Waals surface area contributed by atoms with Gasteiger partial charge in [0.05, 0.1) is 0 Å². The molecule has 14 heavy (non-hydrogen) atoms. The number of tetrazole rings is 1. The van der Waals surface area contributed by atoms with Crippen molar-refractivity contribution in [3.63, 3.8) is 0 Å². The smallest absolute Gasteiger partial charge is 0.321 e. The first-order valence-electron chi connectivity index (χ1n) is 3.56. The molecule has 0 aliphatic rings. The molecule has 0 saturated heterocycles. The third-order valence-electron chi connectivity index (χ3n) is 1.53. The molecule has 0 fully saturated rings. The summed E-state index contributed by atoms with van der Waals surface area (Å²) >= 11 is 4.73. The molecule has 1 aromatic rings. The van der Waals surface area contributed by atoms with Gasteiger partial charge in [-0.2, -0.15) is 5.21 Å². The molecule has 0 radical (unpaired) electrons. The van der Waals surface area contributed by atoms with Crippen LogP contribution in [0.1, 0.15) is 0 Å². The second kappa shape index (κ2) is 3.96. The van der Waals surface area contributed by atoms with E-state index in [1.165, 1.54) is 11.7 Å². The maximum Gasteiger partial charge on any atom is 0.321 e. The van der Waals surface area contributed by atoms with Crippen LogP contribution in [-0.4, -0.2) is 44.1 Å². The molecule has 0 saturated carbocycles. The van der Waals surface area contributed by atoms with E-state index in [1.807, 2.05) is 0 Å². The van der Waals surface area contributed by atoms with Gasteiger partial charge in [0, 0.05) is 7.05 Å². The van der Waals surface area contributed by atoms with Crippen molar-refractivity contribution in [1.82, 2.24) is 25.1 Å². The average Bonchev–Trinajstić information content (AvgIpc) is 2.50. The van der Waals surface area contributed by atoms with E-state index in [2.05, 4.69) is 15.5 Å². The minimum absolute atomic E-state index is 0.135. The number of aromatic amines is 1. The summed E-state index contributed by atoms with van der Waals surface area (Å²) < 4.78 is 1.35. The highest BCUT2D eigenvalue weighted by atomic mass is 32.1. The number of hydrogen-bond acceptors (Lipinski definition) is 5. The van der Waals surface area contributed by atoms with E-state index in [9.17, 15) is 9.59 Å². The number of primary amides is 1. The van der Waals surface area contributed by atoms with Gasteiger partial charge in [-0.05, 0) is 12.2 Å². The number of hydrogen-bond donors (Lipinski definition) is 2. The van der Waals surface area contributed by atoms with Crippen LogP contribution in [0, 0.1) is 4.77 Å². The van der Waals surface area contributed by atoms with Gasteiger partial charge in [0.2, 0.25) is 4.77 Å². The molecule has 76 valence electrons. The number of nitrogens with two attached hydrogens (primary N) is 1. The summed E-state index contributed by atoms with van der Waals surface area (Å²) in [4.78, 5) is 22.7. The molecule has 0 aromatic carbocycles. The maximum absolute atomic E-state index is 11.3. The third kappa shape index (κ3) is 2.13. The molecule has 0 unspecified atom stereocenters. The van der Waals surface area contributed by atoms with E-state index in [0.29, 0.717) is 0 Å². The van der Waals surface area contributed by atoms with Crippen molar-refractivity contribution in [2.24, 2.45) is 5.73 Å². The topological polar surface area (TPSA) is 110 Å². The van der Waals surface area contributed by atoms with Crippen LogP contribution >= 0.6 is 12.2 Å². The van der Waals surface area contributed by atoms with Gasteiger partial charge in [-0.15, -0.1) is 0 Å². The van der Waals surface area contributed by atoms with Crippen molar-refractivity contribution in [1.29, 1.82) is 0 Å². The summed E-state index contributed by atoms with van der Waals surface area (Å²) in [6.07, 6.45) is 0. The Labute approximate surface area is 83.7 Å². The van der Waals surface area contributed by atoms with Crippen molar-refractivity contribution < 1.29 is 9.59 Å². The highest BCUT2D eigenvalue weighted by molar-refractivity contribution is 7.71. The summed E-state index contributed by atoms with van der Waals surface area (Å²) in [5, 5.41) is 9.22. The Balaban J connectivity index is 2.71. The summed E-state index contributed by atoms with van der Waals surface area (Å²) in [6.45, 7) is -0.148. The van der Waals surface area contributed by atoms with E-state index < -0.39 is 11.9 Å². The molecule has 1 rings (SSSR count). The van der Waals surface area contributed by atoms with Crippen molar-refractivity contribution in [2.75, 3.05) is 7.05 Å². The van der Waals surface area contributed by atoms with Gasteiger partial charge in [0.1, 0.15) is 6.54 Å². The Kier molecular flexibility index (Phi) is 2.92. The first kappa shape index (κ1) is 10.3. The number of carbonyl (C=O) groups is 2. The highest BCUT2D eigenvalue weighted by Crippen LogP contribution is 1.89. The Hall–Kier alpha value is -1.77. The summed E-state index contributed by atoms with van der Waals surface area (Å²) in [7, 11) is 1.28. The number of likely N-dealkylation sites (N-methyl/N-ethyl adjacent to an activating group) is 1. The van der Waals surface area contributed by atoms with Gasteiger partial charge in [-0.3, -0.25) is 9.69 Å². The Morgan fingerprint density at radius 1 is 1.71 bits per heavy atom. The zero-order valence-electron chi connectivity index (χ0n) is 7.30. The first-order chi connectivity index (χ1) is 6.52. The highest BCUT2D eigenvalue weighted by Gasteiger charge is 2.14. The number of imide groups is 1. The molecule has 0 aliphatic carbocycles. The van der Waals surface area contributed by atoms with Gasteiger partial charge in [-0.25, -0.2) is 9.48 Å². The van der Waals surface area contributed by atoms with Crippen molar-refractivity contribution in [3.05, 3.63) is 4.77 Å². The van der Waals surface area contributed by atoms with Gasteiger partial charge in [0.15, 0.2) is 0 Å². The van der Waals surface area contributed by atoms with Crippen LogP contribution in [-0.2, 0) is 11.3 Å². The number of amides is 3. The fourth-order valence-electron chi connectivity index (χ4n) is 0.683. The minimum atomic E-state index is -0.825. The lowest BCUT2D eigenvalue weighted by molar-refractivity contribution is -0.127. The second-order valence-electron chi connectivity index (χ2n) is 2.46. The summed E-state index contributed by atoms with van der Waals surface area (Å²) in [6, 6.07) is -0.825. The van der Waals surface area contributed by atoms with Crippen LogP contribution in [0.15, 0.2) is 0 Å². The zero-order chi connectivity index (χ0) is 10.7. The number of nitrogens with zero attached hydrogens (tertiary/aromatic N) is 4. The number of carbonyl (C=O) groups excluding carboxylic acids is 2. The first-order valence-corrected chi connectivity index (χ1v) is 3.97. The molecule has 3 amide bonds. The number of H-pyrrole nitrogens is 1. The van der Waals surface area contributed by atoms with Crippen LogP contribution < -0.4 is 5.73 Å². The number of urea groups is 1. The molecule has 0 aliphatic heterocycles. The van der Waals surface area contributed by atoms with E-state index in [0.717, 1.165) is 4.90 Å². The van der Waals surface area contributed by atoms with Crippen LogP contribution in [0.3, 0.4) is 0 Å². The molecule has 1 heterocycles. The van der Waals surface area contributed by atoms with E-state index >= 15 is 0 Å². The maximum atomic E-state index is 11.3. The van der Waals surface area contributed by atoms with Crippen molar-refractivity contribution in [3.8, 4) is 0 Å². The fourth-order valence-corrected chi connectivity index (χ4v) is 0.829. The summed E-state index contributed by atoms with van der Waals surface area (Å²) in [5.74, 6) is -0.500. The fraction of sp³-hybridized carbons (Fsp3) is 0.400. The standard InChI is InChI=1S/C5H8N6O2S/c1-10(4(6)13)3(12)2-11-5(14)7-8-9-11/h2H2,1H3,(H2,6,13)(H,7,9,14). The van der Waals surface area contributed by atoms with E-state index in [-0.39, 0.29) is 11.3 Å². The minimum Gasteiger partial charge on any atom is -0.351 e. The molecule has 9 heteroatoms. The summed E-state index contributed by atoms with van der Waals surface area (Å²) in [5.41, 5.74) is 4.89. The van der Waals surface area contributed by atoms with E-state index in [1.54, 1.807) is 0 Å². The van der Waals surface area contributed by atoms with Gasteiger partial charge < -0.3 is 5.73 Å². The van der Waals surface area contributed by atoms with Crippen molar-refractivity contribution >= 4 is 24.2 Å². The van der Waals surface area contributed by atoms with Gasteiger partial charge in [-0.1, -0.05) is 10.3 Å². The number of rotatable bonds is 2. The molecule has 1 aromatic heterocycles. The number of nitrogens with one attached hydrogen (secondary N) is 1. The zero-order valence-corrected chi connectivity index (χ0v) is 8.11.